The molecule has 1 aromatic rings. The Labute approximate surface area is 113 Å². The van der Waals surface area contributed by atoms with E-state index >= 15 is 0 Å². The Bertz CT molecular complexity index is 539. The summed E-state index contributed by atoms with van der Waals surface area (Å²) in [5.41, 5.74) is 2.72. The predicted molar refractivity (Wildman–Crippen MR) is 73.1 cm³/mol. The summed E-state index contributed by atoms with van der Waals surface area (Å²) in [7, 11) is 0. The van der Waals surface area contributed by atoms with Crippen LogP contribution in [0.15, 0.2) is 18.2 Å². The summed E-state index contributed by atoms with van der Waals surface area (Å²) in [6.07, 6.45) is 2.50. The summed E-state index contributed by atoms with van der Waals surface area (Å²) >= 11 is 0. The van der Waals surface area contributed by atoms with E-state index in [1.165, 1.54) is 0 Å². The van der Waals surface area contributed by atoms with Crippen LogP contribution in [0.2, 0.25) is 0 Å². The lowest BCUT2D eigenvalue weighted by Gasteiger charge is -2.16. The van der Waals surface area contributed by atoms with E-state index in [1.807, 2.05) is 23.1 Å². The van der Waals surface area contributed by atoms with Crippen molar-refractivity contribution in [3.8, 4) is 0 Å². The molecule has 0 unspecified atom stereocenters. The number of hydrogen-bond acceptors (Lipinski definition) is 2. The van der Waals surface area contributed by atoms with Gasteiger partial charge < -0.3 is 9.80 Å². The number of carbonyl (C=O) groups is 2. The quantitative estimate of drug-likeness (QED) is 0.833. The Balaban J connectivity index is 1.90. The van der Waals surface area contributed by atoms with Gasteiger partial charge in [-0.2, -0.15) is 0 Å². The number of fused-ring (bicyclic) bond motifs is 1. The summed E-state index contributed by atoms with van der Waals surface area (Å²) in [6, 6.07) is 5.84. The van der Waals surface area contributed by atoms with Crippen LogP contribution in [0.3, 0.4) is 0 Å². The van der Waals surface area contributed by atoms with Crippen LogP contribution in [0.4, 0.5) is 5.69 Å². The van der Waals surface area contributed by atoms with Gasteiger partial charge in [-0.25, -0.2) is 0 Å². The zero-order chi connectivity index (χ0) is 13.4. The highest BCUT2D eigenvalue weighted by Gasteiger charge is 2.29. The van der Waals surface area contributed by atoms with Crippen LogP contribution in [-0.2, 0) is 11.3 Å². The van der Waals surface area contributed by atoms with E-state index in [1.54, 1.807) is 4.90 Å². The molecule has 2 aliphatic rings. The molecular formula is C15H18N2O2. The van der Waals surface area contributed by atoms with E-state index in [0.29, 0.717) is 13.0 Å². The minimum absolute atomic E-state index is 0.102. The number of anilines is 1. The fourth-order valence-electron chi connectivity index (χ4n) is 2.89. The predicted octanol–water partition coefficient (Wildman–Crippen LogP) is 2.18. The fourth-order valence-corrected chi connectivity index (χ4v) is 2.89. The molecule has 2 amide bonds. The van der Waals surface area contributed by atoms with Crippen molar-refractivity contribution in [1.29, 1.82) is 0 Å². The molecule has 0 aliphatic carbocycles. The van der Waals surface area contributed by atoms with Crippen LogP contribution >= 0.6 is 0 Å². The minimum atomic E-state index is 0.102. The van der Waals surface area contributed by atoms with Gasteiger partial charge in [-0.1, -0.05) is 13.0 Å². The molecule has 1 saturated heterocycles. The smallest absolute Gasteiger partial charge is 0.254 e. The molecule has 0 spiro atoms. The van der Waals surface area contributed by atoms with Crippen molar-refractivity contribution in [2.75, 3.05) is 18.0 Å². The molecule has 1 aromatic carbocycles. The third kappa shape index (κ3) is 2.01. The second-order valence-corrected chi connectivity index (χ2v) is 5.22. The zero-order valence-electron chi connectivity index (χ0n) is 11.2. The Kier molecular flexibility index (Phi) is 3.01. The number of amides is 2. The van der Waals surface area contributed by atoms with E-state index in [2.05, 4.69) is 6.92 Å². The molecule has 4 nitrogen and oxygen atoms in total. The molecule has 1 fully saturated rings. The van der Waals surface area contributed by atoms with E-state index in [0.717, 1.165) is 42.7 Å². The van der Waals surface area contributed by atoms with Crippen molar-refractivity contribution in [2.45, 2.75) is 32.7 Å². The largest absolute Gasteiger partial charge is 0.334 e. The maximum Gasteiger partial charge on any atom is 0.254 e. The lowest BCUT2D eigenvalue weighted by molar-refractivity contribution is -0.117. The number of carbonyl (C=O) groups excluding carboxylic acids is 2. The molecule has 0 radical (unpaired) electrons. The van der Waals surface area contributed by atoms with Crippen molar-refractivity contribution < 1.29 is 9.59 Å². The van der Waals surface area contributed by atoms with E-state index < -0.39 is 0 Å². The fraction of sp³-hybridized carbons (Fsp3) is 0.467. The maximum absolute atomic E-state index is 12.3. The van der Waals surface area contributed by atoms with Gasteiger partial charge in [0.1, 0.15) is 0 Å². The average Bonchev–Trinajstić information content (AvgIpc) is 2.95. The highest BCUT2D eigenvalue weighted by atomic mass is 16.2. The standard InChI is InChI=1S/C15H18N2O2/c1-2-7-16-10-11-5-6-12(9-13(11)15(16)19)17-8-3-4-14(17)18/h5-6,9H,2-4,7-8,10H2,1H3. The van der Waals surface area contributed by atoms with Crippen LogP contribution < -0.4 is 4.90 Å². The second-order valence-electron chi connectivity index (χ2n) is 5.22. The highest BCUT2D eigenvalue weighted by Crippen LogP contribution is 2.29. The van der Waals surface area contributed by atoms with Crippen molar-refractivity contribution >= 4 is 17.5 Å². The second kappa shape index (κ2) is 4.68. The first-order chi connectivity index (χ1) is 9.20. The van der Waals surface area contributed by atoms with Gasteiger partial charge in [-0.05, 0) is 30.5 Å². The summed E-state index contributed by atoms with van der Waals surface area (Å²) in [4.78, 5) is 27.7. The van der Waals surface area contributed by atoms with Gasteiger partial charge in [-0.15, -0.1) is 0 Å². The van der Waals surface area contributed by atoms with Crippen LogP contribution in [0.25, 0.3) is 0 Å². The van der Waals surface area contributed by atoms with Crippen molar-refractivity contribution in [1.82, 2.24) is 4.90 Å². The first-order valence-corrected chi connectivity index (χ1v) is 6.93. The molecule has 0 atom stereocenters. The molecular weight excluding hydrogens is 240 g/mol. The van der Waals surface area contributed by atoms with Gasteiger partial charge in [0, 0.05) is 37.3 Å². The van der Waals surface area contributed by atoms with Gasteiger partial charge in [0.15, 0.2) is 0 Å². The summed E-state index contributed by atoms with van der Waals surface area (Å²) in [5.74, 6) is 0.265. The zero-order valence-corrected chi connectivity index (χ0v) is 11.2. The highest BCUT2D eigenvalue weighted by molar-refractivity contribution is 6.01. The van der Waals surface area contributed by atoms with Gasteiger partial charge in [0.25, 0.3) is 5.91 Å². The lowest BCUT2D eigenvalue weighted by atomic mass is 10.1. The molecule has 100 valence electrons. The normalized spacial score (nSPS) is 18.4. The molecule has 19 heavy (non-hydrogen) atoms. The molecule has 4 heteroatoms. The number of rotatable bonds is 3. The number of benzene rings is 1. The Morgan fingerprint density at radius 2 is 2.11 bits per heavy atom. The SMILES string of the molecule is CCCN1Cc2ccc(N3CCCC3=O)cc2C1=O. The third-order valence-electron chi connectivity index (χ3n) is 3.85. The molecule has 2 heterocycles. The summed E-state index contributed by atoms with van der Waals surface area (Å²) in [6.45, 7) is 4.34. The molecule has 0 N–H and O–H groups in total. The minimum Gasteiger partial charge on any atom is -0.334 e. The Hall–Kier alpha value is -1.84. The Morgan fingerprint density at radius 1 is 1.26 bits per heavy atom. The molecule has 0 saturated carbocycles. The first-order valence-electron chi connectivity index (χ1n) is 6.93. The number of nitrogens with zero attached hydrogens (tertiary/aromatic N) is 2. The maximum atomic E-state index is 12.3. The van der Waals surface area contributed by atoms with Crippen molar-refractivity contribution in [2.24, 2.45) is 0 Å². The van der Waals surface area contributed by atoms with E-state index in [-0.39, 0.29) is 11.8 Å². The topological polar surface area (TPSA) is 40.6 Å². The van der Waals surface area contributed by atoms with Gasteiger partial charge in [0.2, 0.25) is 5.91 Å². The summed E-state index contributed by atoms with van der Waals surface area (Å²) in [5, 5.41) is 0. The van der Waals surface area contributed by atoms with Gasteiger partial charge >= 0.3 is 0 Å². The van der Waals surface area contributed by atoms with E-state index in [4.69, 9.17) is 0 Å². The van der Waals surface area contributed by atoms with Crippen molar-refractivity contribution in [3.05, 3.63) is 29.3 Å². The molecule has 3 rings (SSSR count). The monoisotopic (exact) mass is 258 g/mol. The average molecular weight is 258 g/mol. The Morgan fingerprint density at radius 3 is 2.79 bits per heavy atom. The van der Waals surface area contributed by atoms with Gasteiger partial charge in [0.05, 0.1) is 0 Å². The van der Waals surface area contributed by atoms with E-state index in [9.17, 15) is 9.59 Å². The van der Waals surface area contributed by atoms with Crippen LogP contribution in [0.5, 0.6) is 0 Å². The molecule has 0 aromatic heterocycles. The van der Waals surface area contributed by atoms with Gasteiger partial charge in [-0.3, -0.25) is 9.59 Å². The van der Waals surface area contributed by atoms with Crippen LogP contribution in [-0.4, -0.2) is 29.8 Å². The van der Waals surface area contributed by atoms with Crippen LogP contribution in [0, 0.1) is 0 Å². The molecule has 2 aliphatic heterocycles. The summed E-state index contributed by atoms with van der Waals surface area (Å²) < 4.78 is 0. The van der Waals surface area contributed by atoms with Crippen molar-refractivity contribution in [3.63, 3.8) is 0 Å². The first kappa shape index (κ1) is 12.2. The van der Waals surface area contributed by atoms with Crippen LogP contribution in [0.1, 0.15) is 42.1 Å². The molecule has 0 bridgehead atoms. The third-order valence-corrected chi connectivity index (χ3v) is 3.85. The number of hydrogen-bond donors (Lipinski definition) is 0. The lowest BCUT2D eigenvalue weighted by Crippen LogP contribution is -2.25.